The molecule has 0 spiro atoms. The minimum atomic E-state index is -5.07. The highest BCUT2D eigenvalue weighted by atomic mass is 19.3. The van der Waals surface area contributed by atoms with Crippen LogP contribution in [0.3, 0.4) is 0 Å². The molecular weight excluding hydrogens is 280 g/mol. The van der Waals surface area contributed by atoms with Gasteiger partial charge in [0.2, 0.25) is 0 Å². The molecule has 0 aromatic rings. The molecule has 2 amide bonds. The standard InChI is InChI=1S/C12H20F4N2O2/c1-3-5-7-17-9(19)11(13,14)12(15,16)10(20)18-8-6-4-2/h3-8H2,1-2H3,(H,17,19)(H,18,20). The van der Waals surface area contributed by atoms with Crippen LogP contribution in [-0.2, 0) is 9.59 Å². The van der Waals surface area contributed by atoms with E-state index in [9.17, 15) is 27.2 Å². The molecule has 0 unspecified atom stereocenters. The van der Waals surface area contributed by atoms with Crippen LogP contribution in [0.1, 0.15) is 39.5 Å². The van der Waals surface area contributed by atoms with E-state index >= 15 is 0 Å². The van der Waals surface area contributed by atoms with Crippen LogP contribution in [0.25, 0.3) is 0 Å². The highest BCUT2D eigenvalue weighted by molar-refractivity contribution is 5.95. The van der Waals surface area contributed by atoms with Gasteiger partial charge in [0.15, 0.2) is 0 Å². The predicted molar refractivity (Wildman–Crippen MR) is 65.7 cm³/mol. The zero-order valence-corrected chi connectivity index (χ0v) is 11.6. The lowest BCUT2D eigenvalue weighted by Gasteiger charge is -2.24. The number of hydrogen-bond acceptors (Lipinski definition) is 2. The Kier molecular flexibility index (Phi) is 7.52. The zero-order valence-electron chi connectivity index (χ0n) is 11.6. The van der Waals surface area contributed by atoms with Gasteiger partial charge in [-0.25, -0.2) is 0 Å². The molecule has 4 nitrogen and oxygen atoms in total. The minimum Gasteiger partial charge on any atom is -0.351 e. The second-order valence-electron chi connectivity index (χ2n) is 4.37. The molecule has 20 heavy (non-hydrogen) atoms. The molecule has 0 atom stereocenters. The zero-order chi connectivity index (χ0) is 15.8. The van der Waals surface area contributed by atoms with Crippen LogP contribution in [0.4, 0.5) is 17.6 Å². The monoisotopic (exact) mass is 300 g/mol. The molecule has 0 aromatic carbocycles. The van der Waals surface area contributed by atoms with E-state index in [4.69, 9.17) is 0 Å². The number of hydrogen-bond donors (Lipinski definition) is 2. The summed E-state index contributed by atoms with van der Waals surface area (Å²) in [6.45, 7) is 3.22. The smallest absolute Gasteiger partial charge is 0.351 e. The third kappa shape index (κ3) is 4.64. The number of rotatable bonds is 9. The Morgan fingerprint density at radius 3 is 1.35 bits per heavy atom. The Morgan fingerprint density at radius 1 is 0.800 bits per heavy atom. The van der Waals surface area contributed by atoms with E-state index in [0.717, 1.165) is 0 Å². The topological polar surface area (TPSA) is 58.2 Å². The summed E-state index contributed by atoms with van der Waals surface area (Å²) in [4.78, 5) is 22.2. The maximum absolute atomic E-state index is 13.4. The number of unbranched alkanes of at least 4 members (excludes halogenated alkanes) is 2. The van der Waals surface area contributed by atoms with E-state index in [1.807, 2.05) is 0 Å². The van der Waals surface area contributed by atoms with E-state index in [-0.39, 0.29) is 13.1 Å². The molecule has 0 heterocycles. The van der Waals surface area contributed by atoms with E-state index in [0.29, 0.717) is 25.7 Å². The summed E-state index contributed by atoms with van der Waals surface area (Å²) in [6.07, 6.45) is 1.99. The molecule has 0 radical (unpaired) electrons. The summed E-state index contributed by atoms with van der Waals surface area (Å²) in [5.41, 5.74) is 0. The van der Waals surface area contributed by atoms with Crippen LogP contribution in [0.5, 0.6) is 0 Å². The second-order valence-corrected chi connectivity index (χ2v) is 4.37. The summed E-state index contributed by atoms with van der Waals surface area (Å²) in [7, 11) is 0. The molecule has 8 heteroatoms. The highest BCUT2D eigenvalue weighted by Crippen LogP contribution is 2.34. The minimum absolute atomic E-state index is 0.140. The molecule has 0 aliphatic carbocycles. The van der Waals surface area contributed by atoms with Gasteiger partial charge in [-0.05, 0) is 12.8 Å². The molecule has 0 aliphatic heterocycles. The van der Waals surface area contributed by atoms with Gasteiger partial charge in [0.1, 0.15) is 0 Å². The summed E-state index contributed by atoms with van der Waals surface area (Å²) in [5, 5.41) is 3.41. The van der Waals surface area contributed by atoms with Crippen LogP contribution in [0.15, 0.2) is 0 Å². The van der Waals surface area contributed by atoms with Crippen LogP contribution in [-0.4, -0.2) is 36.7 Å². The van der Waals surface area contributed by atoms with Gasteiger partial charge in [-0.2, -0.15) is 17.6 Å². The SMILES string of the molecule is CCCCNC(=O)C(F)(F)C(F)(F)C(=O)NCCCC. The van der Waals surface area contributed by atoms with Crippen LogP contribution in [0.2, 0.25) is 0 Å². The summed E-state index contributed by atoms with van der Waals surface area (Å²) in [6, 6.07) is 0. The van der Waals surface area contributed by atoms with Gasteiger partial charge in [-0.15, -0.1) is 0 Å². The Labute approximate surface area is 115 Å². The Morgan fingerprint density at radius 2 is 1.10 bits per heavy atom. The predicted octanol–water partition coefficient (Wildman–Crippen LogP) is 2.09. The Balaban J connectivity index is 4.68. The van der Waals surface area contributed by atoms with Crippen molar-refractivity contribution >= 4 is 11.8 Å². The van der Waals surface area contributed by atoms with Crippen molar-refractivity contribution in [2.75, 3.05) is 13.1 Å². The third-order valence-electron chi connectivity index (χ3n) is 2.60. The number of carbonyl (C=O) groups is 2. The summed E-state index contributed by atoms with van der Waals surface area (Å²) in [5.74, 6) is -14.4. The molecule has 118 valence electrons. The normalized spacial score (nSPS) is 12.1. The van der Waals surface area contributed by atoms with Gasteiger partial charge >= 0.3 is 11.8 Å². The van der Waals surface area contributed by atoms with E-state index in [1.54, 1.807) is 24.5 Å². The average molecular weight is 300 g/mol. The number of carbonyl (C=O) groups excluding carboxylic acids is 2. The van der Waals surface area contributed by atoms with Gasteiger partial charge in [-0.1, -0.05) is 26.7 Å². The van der Waals surface area contributed by atoms with E-state index < -0.39 is 23.7 Å². The number of nitrogens with one attached hydrogen (secondary N) is 2. The van der Waals surface area contributed by atoms with Crippen molar-refractivity contribution in [3.05, 3.63) is 0 Å². The van der Waals surface area contributed by atoms with Gasteiger partial charge in [0.05, 0.1) is 0 Å². The van der Waals surface area contributed by atoms with Crippen molar-refractivity contribution in [1.82, 2.24) is 10.6 Å². The lowest BCUT2D eigenvalue weighted by atomic mass is 10.1. The molecule has 0 rings (SSSR count). The van der Waals surface area contributed by atoms with E-state index in [2.05, 4.69) is 0 Å². The Hall–Kier alpha value is -1.34. The maximum atomic E-state index is 13.4. The first-order chi connectivity index (χ1) is 9.21. The molecule has 0 aromatic heterocycles. The number of halogens is 4. The van der Waals surface area contributed by atoms with Gasteiger partial charge < -0.3 is 10.6 Å². The molecule has 0 aliphatic rings. The first-order valence-corrected chi connectivity index (χ1v) is 6.54. The Bertz CT molecular complexity index is 303. The summed E-state index contributed by atoms with van der Waals surface area (Å²) >= 11 is 0. The maximum Gasteiger partial charge on any atom is 0.395 e. The molecule has 2 N–H and O–H groups in total. The fourth-order valence-corrected chi connectivity index (χ4v) is 1.26. The lowest BCUT2D eigenvalue weighted by molar-refractivity contribution is -0.211. The van der Waals surface area contributed by atoms with Gasteiger partial charge in [0.25, 0.3) is 11.8 Å². The lowest BCUT2D eigenvalue weighted by Crippen LogP contribution is -2.59. The van der Waals surface area contributed by atoms with Crippen molar-refractivity contribution in [1.29, 1.82) is 0 Å². The molecule has 0 bridgehead atoms. The third-order valence-corrected chi connectivity index (χ3v) is 2.60. The molecular formula is C12H20F4N2O2. The fourth-order valence-electron chi connectivity index (χ4n) is 1.26. The molecule has 0 saturated carbocycles. The van der Waals surface area contributed by atoms with Gasteiger partial charge in [-0.3, -0.25) is 9.59 Å². The van der Waals surface area contributed by atoms with Crippen molar-refractivity contribution in [3.8, 4) is 0 Å². The van der Waals surface area contributed by atoms with E-state index in [1.165, 1.54) is 0 Å². The van der Waals surface area contributed by atoms with Crippen LogP contribution in [0, 0.1) is 0 Å². The average Bonchev–Trinajstić information content (AvgIpc) is 2.38. The van der Waals surface area contributed by atoms with Crippen molar-refractivity contribution < 1.29 is 27.2 Å². The largest absolute Gasteiger partial charge is 0.395 e. The van der Waals surface area contributed by atoms with Crippen LogP contribution >= 0.6 is 0 Å². The molecule has 0 saturated heterocycles. The first-order valence-electron chi connectivity index (χ1n) is 6.54. The van der Waals surface area contributed by atoms with Crippen molar-refractivity contribution in [2.45, 2.75) is 51.4 Å². The number of amides is 2. The second kappa shape index (κ2) is 8.06. The molecule has 0 fully saturated rings. The van der Waals surface area contributed by atoms with Crippen molar-refractivity contribution in [3.63, 3.8) is 0 Å². The van der Waals surface area contributed by atoms with Crippen LogP contribution < -0.4 is 10.6 Å². The number of alkyl halides is 4. The first kappa shape index (κ1) is 18.7. The summed E-state index contributed by atoms with van der Waals surface area (Å²) < 4.78 is 53.4. The quantitative estimate of drug-likeness (QED) is 0.506. The van der Waals surface area contributed by atoms with Crippen molar-refractivity contribution in [2.24, 2.45) is 0 Å². The van der Waals surface area contributed by atoms with Gasteiger partial charge in [0, 0.05) is 13.1 Å². The highest BCUT2D eigenvalue weighted by Gasteiger charge is 2.66. The fraction of sp³-hybridized carbons (Fsp3) is 0.833.